The van der Waals surface area contributed by atoms with Crippen molar-refractivity contribution >= 4 is 33.3 Å². The molecule has 0 aliphatic rings. The van der Waals surface area contributed by atoms with Gasteiger partial charge in [0.2, 0.25) is 5.91 Å². The molecule has 24 heavy (non-hydrogen) atoms. The highest BCUT2D eigenvalue weighted by Gasteiger charge is 2.16. The fraction of sp³-hybridized carbons (Fsp3) is 0.200. The Morgan fingerprint density at radius 1 is 1.21 bits per heavy atom. The van der Waals surface area contributed by atoms with Gasteiger partial charge in [0.05, 0.1) is 29.3 Å². The molecule has 0 radical (unpaired) electrons. The number of hydrogen-bond donors (Lipinski definition) is 2. The largest absolute Gasteiger partial charge is 0.467 e. The van der Waals surface area contributed by atoms with Gasteiger partial charge in [0, 0.05) is 11.8 Å². The Morgan fingerprint density at radius 2 is 1.96 bits per heavy atom. The van der Waals surface area contributed by atoms with Gasteiger partial charge in [-0.25, -0.2) is 8.42 Å². The van der Waals surface area contributed by atoms with Crippen LogP contribution in [0.5, 0.6) is 0 Å². The number of hydrogen-bond acceptors (Lipinski definition) is 5. The molecule has 0 atom stereocenters. The Kier molecular flexibility index (Phi) is 5.63. The zero-order valence-electron chi connectivity index (χ0n) is 12.7. The summed E-state index contributed by atoms with van der Waals surface area (Å²) in [6, 6.07) is 7.28. The quantitative estimate of drug-likeness (QED) is 0.799. The molecule has 0 aliphatic carbocycles. The Balaban J connectivity index is 1.94. The van der Waals surface area contributed by atoms with Gasteiger partial charge in [-0.15, -0.1) is 0 Å². The van der Waals surface area contributed by atoms with E-state index in [0.717, 1.165) is 6.26 Å². The highest BCUT2D eigenvalue weighted by atomic mass is 35.5. The first-order chi connectivity index (χ1) is 11.3. The maximum atomic E-state index is 12.0. The van der Waals surface area contributed by atoms with Gasteiger partial charge in [0.15, 0.2) is 9.84 Å². The summed E-state index contributed by atoms with van der Waals surface area (Å²) in [6.45, 7) is -0.0444. The number of carbonyl (C=O) groups is 2. The summed E-state index contributed by atoms with van der Waals surface area (Å²) in [5.74, 6) is -0.396. The lowest BCUT2D eigenvalue weighted by Gasteiger charge is -2.08. The second kappa shape index (κ2) is 7.50. The summed E-state index contributed by atoms with van der Waals surface area (Å²) in [7, 11) is -3.56. The van der Waals surface area contributed by atoms with Gasteiger partial charge in [-0.05, 0) is 30.3 Å². The van der Waals surface area contributed by atoms with Gasteiger partial charge in [-0.3, -0.25) is 9.59 Å². The number of furan rings is 1. The number of sulfone groups is 1. The molecular formula is C15H15ClN2O5S. The van der Waals surface area contributed by atoms with Crippen molar-refractivity contribution in [3.8, 4) is 0 Å². The van der Waals surface area contributed by atoms with Crippen LogP contribution in [0.25, 0.3) is 0 Å². The SMILES string of the molecule is CS(=O)(=O)c1cc(C(=O)NCC(=O)NCc2ccco2)ccc1Cl. The number of rotatable bonds is 6. The second-order valence-corrected chi connectivity index (χ2v) is 7.35. The molecule has 128 valence electrons. The third-order valence-corrected chi connectivity index (χ3v) is 4.62. The van der Waals surface area contributed by atoms with Crippen LogP contribution in [0, 0.1) is 0 Å². The van der Waals surface area contributed by atoms with E-state index in [1.165, 1.54) is 24.5 Å². The minimum Gasteiger partial charge on any atom is -0.467 e. The summed E-state index contributed by atoms with van der Waals surface area (Å²) in [5, 5.41) is 5.01. The molecule has 0 aliphatic heterocycles. The van der Waals surface area contributed by atoms with Gasteiger partial charge in [0.25, 0.3) is 5.91 Å². The molecule has 1 aromatic carbocycles. The van der Waals surface area contributed by atoms with E-state index in [1.807, 2.05) is 0 Å². The Labute approximate surface area is 143 Å². The van der Waals surface area contributed by atoms with Crippen molar-refractivity contribution in [2.45, 2.75) is 11.4 Å². The van der Waals surface area contributed by atoms with Crippen LogP contribution >= 0.6 is 11.6 Å². The molecule has 0 saturated heterocycles. The van der Waals surface area contributed by atoms with Crippen LogP contribution in [0.3, 0.4) is 0 Å². The number of carbonyl (C=O) groups excluding carboxylic acids is 2. The van der Waals surface area contributed by atoms with E-state index in [9.17, 15) is 18.0 Å². The van der Waals surface area contributed by atoms with Crippen LogP contribution in [0.15, 0.2) is 45.9 Å². The highest BCUT2D eigenvalue weighted by molar-refractivity contribution is 7.90. The minimum atomic E-state index is -3.56. The van der Waals surface area contributed by atoms with E-state index in [-0.39, 0.29) is 28.6 Å². The summed E-state index contributed by atoms with van der Waals surface area (Å²) in [4.78, 5) is 23.6. The molecular weight excluding hydrogens is 356 g/mol. The molecule has 9 heteroatoms. The summed E-state index contributed by atoms with van der Waals surface area (Å²) < 4.78 is 28.3. The number of benzene rings is 1. The van der Waals surface area contributed by atoms with Crippen LogP contribution in [-0.4, -0.2) is 33.0 Å². The molecule has 2 N–H and O–H groups in total. The van der Waals surface area contributed by atoms with Crippen LogP contribution < -0.4 is 10.6 Å². The van der Waals surface area contributed by atoms with Crippen molar-refractivity contribution in [3.05, 3.63) is 52.9 Å². The van der Waals surface area contributed by atoms with Crippen molar-refractivity contribution in [1.29, 1.82) is 0 Å². The van der Waals surface area contributed by atoms with Crippen molar-refractivity contribution in [1.82, 2.24) is 10.6 Å². The smallest absolute Gasteiger partial charge is 0.251 e. The van der Waals surface area contributed by atoms with Gasteiger partial charge in [-0.1, -0.05) is 11.6 Å². The fourth-order valence-corrected chi connectivity index (χ4v) is 3.15. The Morgan fingerprint density at radius 3 is 2.58 bits per heavy atom. The molecule has 1 heterocycles. The average Bonchev–Trinajstić information content (AvgIpc) is 3.03. The van der Waals surface area contributed by atoms with E-state index in [2.05, 4.69) is 10.6 Å². The standard InChI is InChI=1S/C15H15ClN2O5S/c1-24(21,22)13-7-10(4-5-12(13)16)15(20)18-9-14(19)17-8-11-3-2-6-23-11/h2-7H,8-9H2,1H3,(H,17,19)(H,18,20). The molecule has 2 rings (SSSR count). The second-order valence-electron chi connectivity index (χ2n) is 4.96. The predicted molar refractivity (Wildman–Crippen MR) is 87.4 cm³/mol. The summed E-state index contributed by atoms with van der Waals surface area (Å²) in [5.41, 5.74) is 0.0960. The third kappa shape index (κ3) is 4.84. The fourth-order valence-electron chi connectivity index (χ4n) is 1.85. The van der Waals surface area contributed by atoms with Crippen molar-refractivity contribution in [2.24, 2.45) is 0 Å². The first-order valence-electron chi connectivity index (χ1n) is 6.84. The molecule has 0 saturated carbocycles. The normalized spacial score (nSPS) is 11.1. The zero-order chi connectivity index (χ0) is 17.7. The number of amides is 2. The lowest BCUT2D eigenvalue weighted by atomic mass is 10.2. The third-order valence-electron chi connectivity index (χ3n) is 3.04. The molecule has 0 spiro atoms. The van der Waals surface area contributed by atoms with Crippen LogP contribution in [0.2, 0.25) is 5.02 Å². The monoisotopic (exact) mass is 370 g/mol. The zero-order valence-corrected chi connectivity index (χ0v) is 14.3. The molecule has 2 amide bonds. The van der Waals surface area contributed by atoms with Gasteiger partial charge in [0.1, 0.15) is 5.76 Å². The topological polar surface area (TPSA) is 105 Å². The maximum Gasteiger partial charge on any atom is 0.251 e. The van der Waals surface area contributed by atoms with Gasteiger partial charge in [-0.2, -0.15) is 0 Å². The number of halogens is 1. The van der Waals surface area contributed by atoms with Crippen LogP contribution in [0.1, 0.15) is 16.1 Å². The molecule has 2 aromatic rings. The maximum absolute atomic E-state index is 12.0. The lowest BCUT2D eigenvalue weighted by molar-refractivity contribution is -0.120. The van der Waals surface area contributed by atoms with Gasteiger partial charge >= 0.3 is 0 Å². The van der Waals surface area contributed by atoms with E-state index < -0.39 is 21.7 Å². The van der Waals surface area contributed by atoms with Crippen molar-refractivity contribution in [2.75, 3.05) is 12.8 Å². The first-order valence-corrected chi connectivity index (χ1v) is 9.11. The Bertz CT molecular complexity index is 847. The molecule has 0 fully saturated rings. The molecule has 7 nitrogen and oxygen atoms in total. The molecule has 0 bridgehead atoms. The molecule has 0 unspecified atom stereocenters. The summed E-state index contributed by atoms with van der Waals surface area (Å²) >= 11 is 5.82. The van der Waals surface area contributed by atoms with E-state index in [1.54, 1.807) is 12.1 Å². The summed E-state index contributed by atoms with van der Waals surface area (Å²) in [6.07, 6.45) is 2.49. The van der Waals surface area contributed by atoms with Crippen LogP contribution in [0.4, 0.5) is 0 Å². The van der Waals surface area contributed by atoms with E-state index in [0.29, 0.717) is 5.76 Å². The van der Waals surface area contributed by atoms with E-state index in [4.69, 9.17) is 16.0 Å². The van der Waals surface area contributed by atoms with E-state index >= 15 is 0 Å². The first kappa shape index (κ1) is 18.0. The van der Waals surface area contributed by atoms with Gasteiger partial charge < -0.3 is 15.1 Å². The average molecular weight is 371 g/mol. The van der Waals surface area contributed by atoms with Crippen LogP contribution in [-0.2, 0) is 21.2 Å². The predicted octanol–water partition coefficient (Wildman–Crippen LogP) is 1.38. The lowest BCUT2D eigenvalue weighted by Crippen LogP contribution is -2.36. The van der Waals surface area contributed by atoms with Crippen molar-refractivity contribution < 1.29 is 22.4 Å². The van der Waals surface area contributed by atoms with Crippen molar-refractivity contribution in [3.63, 3.8) is 0 Å². The highest BCUT2D eigenvalue weighted by Crippen LogP contribution is 2.22. The minimum absolute atomic E-state index is 0.0326. The number of nitrogens with one attached hydrogen (secondary N) is 2. The Hall–Kier alpha value is -2.32. The molecule has 1 aromatic heterocycles.